The van der Waals surface area contributed by atoms with Gasteiger partial charge in [0.1, 0.15) is 5.60 Å². The molecule has 2 heterocycles. The summed E-state index contributed by atoms with van der Waals surface area (Å²) in [4.78, 5) is 29.3. The van der Waals surface area contributed by atoms with Crippen LogP contribution >= 0.6 is 0 Å². The van der Waals surface area contributed by atoms with Gasteiger partial charge in [-0.15, -0.1) is 0 Å². The number of hydrogen-bond donors (Lipinski definition) is 1. The van der Waals surface area contributed by atoms with Gasteiger partial charge in [0, 0.05) is 30.2 Å². The van der Waals surface area contributed by atoms with E-state index in [1.54, 1.807) is 11.8 Å². The number of carbonyl (C=O) groups is 2. The number of likely N-dealkylation sites (tertiary alicyclic amines) is 1. The fourth-order valence-corrected chi connectivity index (χ4v) is 3.41. The number of nitrogens with one attached hydrogen (secondary N) is 1. The molecular weight excluding hydrogens is 332 g/mol. The Morgan fingerprint density at radius 3 is 2.62 bits per heavy atom. The number of hydrogen-bond acceptors (Lipinski definition) is 4. The lowest BCUT2D eigenvalue weighted by Crippen LogP contribution is -2.62. The number of aromatic nitrogens is 1. The van der Waals surface area contributed by atoms with Crippen LogP contribution in [0.2, 0.25) is 0 Å². The van der Waals surface area contributed by atoms with Crippen LogP contribution in [-0.2, 0) is 19.7 Å². The normalized spacial score (nSPS) is 16.2. The first-order valence-corrected chi connectivity index (χ1v) is 8.94. The van der Waals surface area contributed by atoms with Gasteiger partial charge in [0.05, 0.1) is 13.0 Å². The van der Waals surface area contributed by atoms with E-state index in [0.717, 1.165) is 16.5 Å². The third-order valence-corrected chi connectivity index (χ3v) is 4.59. The minimum Gasteiger partial charge on any atom is -0.466 e. The number of rotatable bonds is 4. The lowest BCUT2D eigenvalue weighted by molar-refractivity contribution is -0.146. The lowest BCUT2D eigenvalue weighted by atomic mass is 9.71. The van der Waals surface area contributed by atoms with Gasteiger partial charge in [0.15, 0.2) is 0 Å². The second-order valence-corrected chi connectivity index (χ2v) is 7.88. The average Bonchev–Trinajstić information content (AvgIpc) is 2.96. The number of carbonyl (C=O) groups excluding carboxylic acids is 2. The largest absolute Gasteiger partial charge is 0.466 e. The molecule has 1 fully saturated rings. The maximum atomic E-state index is 12.3. The SMILES string of the molecule is CCOC(=O)CC1(c2ccc3[nH]ccc3c2)CN(C(=O)OC(C)(C)C)C1. The molecule has 26 heavy (non-hydrogen) atoms. The highest BCUT2D eigenvalue weighted by Crippen LogP contribution is 2.40. The molecule has 1 aliphatic rings. The van der Waals surface area contributed by atoms with Gasteiger partial charge < -0.3 is 19.4 Å². The maximum Gasteiger partial charge on any atom is 0.410 e. The van der Waals surface area contributed by atoms with E-state index in [-0.39, 0.29) is 18.5 Å². The zero-order valence-electron chi connectivity index (χ0n) is 15.8. The van der Waals surface area contributed by atoms with E-state index in [4.69, 9.17) is 9.47 Å². The summed E-state index contributed by atoms with van der Waals surface area (Å²) in [7, 11) is 0. The summed E-state index contributed by atoms with van der Waals surface area (Å²) in [5, 5.41) is 1.08. The summed E-state index contributed by atoms with van der Waals surface area (Å²) in [6, 6.07) is 8.11. The van der Waals surface area contributed by atoms with E-state index in [1.807, 2.05) is 45.2 Å². The zero-order valence-corrected chi connectivity index (χ0v) is 15.8. The van der Waals surface area contributed by atoms with Crippen LogP contribution in [0.25, 0.3) is 10.9 Å². The highest BCUT2D eigenvalue weighted by atomic mass is 16.6. The topological polar surface area (TPSA) is 71.6 Å². The average molecular weight is 358 g/mol. The number of aromatic amines is 1. The van der Waals surface area contributed by atoms with Crippen molar-refractivity contribution in [1.29, 1.82) is 0 Å². The van der Waals surface area contributed by atoms with Crippen molar-refractivity contribution in [3.05, 3.63) is 36.0 Å². The standard InChI is InChI=1S/C20H26N2O4/c1-5-25-17(23)11-20(12-22(13-20)18(24)26-19(2,3)4)15-6-7-16-14(10-15)8-9-21-16/h6-10,21H,5,11-13H2,1-4H3. The molecule has 1 N–H and O–H groups in total. The Hall–Kier alpha value is -2.50. The molecule has 0 aliphatic carbocycles. The summed E-state index contributed by atoms with van der Waals surface area (Å²) in [5.74, 6) is -0.245. The van der Waals surface area contributed by atoms with Gasteiger partial charge in [0.2, 0.25) is 0 Å². The predicted molar refractivity (Wildman–Crippen MR) is 99.0 cm³/mol. The number of esters is 1. The van der Waals surface area contributed by atoms with Gasteiger partial charge in [-0.3, -0.25) is 4.79 Å². The van der Waals surface area contributed by atoms with Crippen LogP contribution in [-0.4, -0.2) is 47.2 Å². The summed E-state index contributed by atoms with van der Waals surface area (Å²) >= 11 is 0. The Morgan fingerprint density at radius 2 is 1.96 bits per heavy atom. The molecule has 2 aromatic rings. The van der Waals surface area contributed by atoms with E-state index in [2.05, 4.69) is 11.1 Å². The van der Waals surface area contributed by atoms with Crippen LogP contribution < -0.4 is 0 Å². The molecule has 6 nitrogen and oxygen atoms in total. The molecule has 3 rings (SSSR count). The Morgan fingerprint density at radius 1 is 1.23 bits per heavy atom. The van der Waals surface area contributed by atoms with Crippen LogP contribution in [0, 0.1) is 0 Å². The second-order valence-electron chi connectivity index (χ2n) is 7.88. The van der Waals surface area contributed by atoms with E-state index in [0.29, 0.717) is 19.7 Å². The highest BCUT2D eigenvalue weighted by Gasteiger charge is 2.49. The monoisotopic (exact) mass is 358 g/mol. The van der Waals surface area contributed by atoms with E-state index in [1.165, 1.54) is 0 Å². The molecule has 0 spiro atoms. The summed E-state index contributed by atoms with van der Waals surface area (Å²) in [6.07, 6.45) is 1.79. The minimum absolute atomic E-state index is 0.245. The summed E-state index contributed by atoms with van der Waals surface area (Å²) in [6.45, 7) is 8.56. The number of amides is 1. The fourth-order valence-electron chi connectivity index (χ4n) is 3.41. The number of fused-ring (bicyclic) bond motifs is 1. The van der Waals surface area contributed by atoms with Crippen LogP contribution in [0.3, 0.4) is 0 Å². The third kappa shape index (κ3) is 3.69. The molecule has 1 aliphatic heterocycles. The molecular formula is C20H26N2O4. The number of ether oxygens (including phenoxy) is 2. The molecule has 0 saturated carbocycles. The molecule has 0 atom stereocenters. The molecule has 1 aromatic heterocycles. The zero-order chi connectivity index (χ0) is 18.9. The van der Waals surface area contributed by atoms with Crippen molar-refractivity contribution in [2.75, 3.05) is 19.7 Å². The maximum absolute atomic E-state index is 12.3. The number of benzene rings is 1. The van der Waals surface area contributed by atoms with Crippen LogP contribution in [0.15, 0.2) is 30.5 Å². The third-order valence-electron chi connectivity index (χ3n) is 4.59. The summed E-state index contributed by atoms with van der Waals surface area (Å²) < 4.78 is 10.6. The first-order valence-electron chi connectivity index (χ1n) is 8.94. The first-order chi connectivity index (χ1) is 12.2. The van der Waals surface area contributed by atoms with Crippen LogP contribution in [0.5, 0.6) is 0 Å². The second kappa shape index (κ2) is 6.67. The van der Waals surface area contributed by atoms with Gasteiger partial charge in [-0.1, -0.05) is 6.07 Å². The van der Waals surface area contributed by atoms with Gasteiger partial charge >= 0.3 is 12.1 Å². The van der Waals surface area contributed by atoms with E-state index < -0.39 is 11.0 Å². The van der Waals surface area contributed by atoms with Gasteiger partial charge in [-0.2, -0.15) is 0 Å². The Bertz CT molecular complexity index is 813. The van der Waals surface area contributed by atoms with Gasteiger partial charge in [0.25, 0.3) is 0 Å². The predicted octanol–water partition coefficient (Wildman–Crippen LogP) is 3.61. The van der Waals surface area contributed by atoms with Crippen molar-refractivity contribution >= 4 is 23.0 Å². The van der Waals surface area contributed by atoms with Crippen molar-refractivity contribution in [3.63, 3.8) is 0 Å². The smallest absolute Gasteiger partial charge is 0.410 e. The quantitative estimate of drug-likeness (QED) is 0.848. The Kier molecular flexibility index (Phi) is 4.69. The van der Waals surface area contributed by atoms with E-state index >= 15 is 0 Å². The first kappa shape index (κ1) is 18.3. The molecule has 6 heteroatoms. The van der Waals surface area contributed by atoms with Crippen molar-refractivity contribution in [2.45, 2.75) is 45.1 Å². The Labute approximate surface area is 153 Å². The summed E-state index contributed by atoms with van der Waals surface area (Å²) in [5.41, 5.74) is 1.11. The van der Waals surface area contributed by atoms with Gasteiger partial charge in [-0.25, -0.2) is 4.79 Å². The highest BCUT2D eigenvalue weighted by molar-refractivity contribution is 5.81. The minimum atomic E-state index is -0.541. The molecule has 1 saturated heterocycles. The molecule has 1 aromatic carbocycles. The Balaban J connectivity index is 1.83. The van der Waals surface area contributed by atoms with Crippen molar-refractivity contribution in [3.8, 4) is 0 Å². The molecule has 0 radical (unpaired) electrons. The van der Waals surface area contributed by atoms with Crippen molar-refractivity contribution in [1.82, 2.24) is 9.88 Å². The van der Waals surface area contributed by atoms with Crippen LogP contribution in [0.4, 0.5) is 4.79 Å². The number of H-pyrrole nitrogens is 1. The molecule has 140 valence electrons. The van der Waals surface area contributed by atoms with Gasteiger partial charge in [-0.05, 0) is 56.8 Å². The fraction of sp³-hybridized carbons (Fsp3) is 0.500. The molecule has 0 bridgehead atoms. The van der Waals surface area contributed by atoms with E-state index in [9.17, 15) is 9.59 Å². The lowest BCUT2D eigenvalue weighted by Gasteiger charge is -2.49. The van der Waals surface area contributed by atoms with Crippen molar-refractivity contribution < 1.29 is 19.1 Å². The molecule has 1 amide bonds. The van der Waals surface area contributed by atoms with Crippen molar-refractivity contribution in [2.24, 2.45) is 0 Å². The van der Waals surface area contributed by atoms with Crippen LogP contribution in [0.1, 0.15) is 39.7 Å². The number of nitrogens with zero attached hydrogens (tertiary/aromatic N) is 1. The molecule has 0 unspecified atom stereocenters.